The number of benzene rings is 1. The van der Waals surface area contributed by atoms with E-state index in [1.165, 1.54) is 0 Å². The fourth-order valence-electron chi connectivity index (χ4n) is 3.01. The van der Waals surface area contributed by atoms with Crippen molar-refractivity contribution in [2.24, 2.45) is 0 Å². The van der Waals surface area contributed by atoms with Gasteiger partial charge in [-0.05, 0) is 37.9 Å². The molecule has 1 saturated heterocycles. The molecular formula is C15H18ClN3OS. The van der Waals surface area contributed by atoms with E-state index in [0.29, 0.717) is 10.7 Å². The van der Waals surface area contributed by atoms with Gasteiger partial charge in [0, 0.05) is 0 Å². The molecule has 4 nitrogen and oxygen atoms in total. The number of carbonyl (C=O) groups excluding carboxylic acids is 1. The predicted molar refractivity (Wildman–Crippen MR) is 88.1 cm³/mol. The molecule has 1 aliphatic heterocycles. The van der Waals surface area contributed by atoms with Crippen molar-refractivity contribution in [3.8, 4) is 0 Å². The predicted octanol–water partition coefficient (Wildman–Crippen LogP) is 3.81. The van der Waals surface area contributed by atoms with E-state index in [0.717, 1.165) is 42.4 Å². The topological polar surface area (TPSA) is 54.0 Å². The van der Waals surface area contributed by atoms with Gasteiger partial charge in [-0.15, -0.1) is 11.3 Å². The molecule has 3 rings (SSSR count). The number of hydrogen-bond acceptors (Lipinski definition) is 4. The summed E-state index contributed by atoms with van der Waals surface area (Å²) in [5, 5.41) is 6.93. The van der Waals surface area contributed by atoms with E-state index in [4.69, 9.17) is 11.6 Å². The number of carbonyl (C=O) groups is 1. The van der Waals surface area contributed by atoms with Crippen LogP contribution in [0.1, 0.15) is 32.6 Å². The summed E-state index contributed by atoms with van der Waals surface area (Å²) >= 11 is 7.81. The summed E-state index contributed by atoms with van der Waals surface area (Å²) in [6.45, 7) is 2.99. The van der Waals surface area contributed by atoms with Gasteiger partial charge < -0.3 is 10.6 Å². The van der Waals surface area contributed by atoms with Crippen LogP contribution in [0.3, 0.4) is 0 Å². The van der Waals surface area contributed by atoms with Crippen LogP contribution in [0.15, 0.2) is 17.6 Å². The first-order valence-corrected chi connectivity index (χ1v) is 8.50. The molecule has 1 aromatic heterocycles. The number of thiazole rings is 1. The van der Waals surface area contributed by atoms with E-state index >= 15 is 0 Å². The summed E-state index contributed by atoms with van der Waals surface area (Å²) < 4.78 is 1.03. The Bertz CT molecular complexity index is 664. The minimum Gasteiger partial charge on any atom is -0.321 e. The maximum atomic E-state index is 12.8. The van der Waals surface area contributed by atoms with E-state index in [1.807, 2.05) is 12.1 Å². The SMILES string of the molecule is CCCC1(C(=O)Nc2c(Cl)ccc3scnc23)CCCN1. The van der Waals surface area contributed by atoms with E-state index < -0.39 is 5.54 Å². The summed E-state index contributed by atoms with van der Waals surface area (Å²) in [6.07, 6.45) is 3.71. The van der Waals surface area contributed by atoms with Gasteiger partial charge in [-0.1, -0.05) is 24.9 Å². The fraction of sp³-hybridized carbons (Fsp3) is 0.467. The Kier molecular flexibility index (Phi) is 4.15. The quantitative estimate of drug-likeness (QED) is 0.899. The van der Waals surface area contributed by atoms with Crippen LogP contribution in [0.5, 0.6) is 0 Å². The molecule has 1 atom stereocenters. The molecule has 2 aromatic rings. The fourth-order valence-corrected chi connectivity index (χ4v) is 3.90. The summed E-state index contributed by atoms with van der Waals surface area (Å²) in [6, 6.07) is 3.74. The third kappa shape index (κ3) is 2.65. The third-order valence-corrected chi connectivity index (χ3v) is 5.15. The molecule has 1 fully saturated rings. The number of rotatable bonds is 4. The molecule has 0 saturated carbocycles. The minimum absolute atomic E-state index is 0.00394. The summed E-state index contributed by atoms with van der Waals surface area (Å²) in [5.74, 6) is 0.00394. The molecule has 2 N–H and O–H groups in total. The normalized spacial score (nSPS) is 21.8. The lowest BCUT2D eigenvalue weighted by Gasteiger charge is -2.28. The molecule has 1 aliphatic rings. The number of nitrogens with zero attached hydrogens (tertiary/aromatic N) is 1. The molecule has 2 heterocycles. The lowest BCUT2D eigenvalue weighted by atomic mass is 9.90. The highest BCUT2D eigenvalue weighted by atomic mass is 35.5. The Hall–Kier alpha value is -1.17. The highest BCUT2D eigenvalue weighted by Crippen LogP contribution is 2.34. The second-order valence-electron chi connectivity index (χ2n) is 5.44. The van der Waals surface area contributed by atoms with Gasteiger partial charge in [0.25, 0.3) is 0 Å². The van der Waals surface area contributed by atoms with Gasteiger partial charge in [-0.2, -0.15) is 0 Å². The van der Waals surface area contributed by atoms with E-state index in [2.05, 4.69) is 22.5 Å². The van der Waals surface area contributed by atoms with Crippen molar-refractivity contribution in [2.45, 2.75) is 38.1 Å². The first-order valence-electron chi connectivity index (χ1n) is 7.24. The molecule has 0 radical (unpaired) electrons. The molecule has 112 valence electrons. The van der Waals surface area contributed by atoms with Crippen LogP contribution in [0.4, 0.5) is 5.69 Å². The second-order valence-corrected chi connectivity index (χ2v) is 6.73. The molecule has 0 spiro atoms. The third-order valence-electron chi connectivity index (χ3n) is 4.05. The van der Waals surface area contributed by atoms with Gasteiger partial charge in [-0.3, -0.25) is 4.79 Å². The molecule has 1 amide bonds. The van der Waals surface area contributed by atoms with E-state index in [9.17, 15) is 4.79 Å². The standard InChI is InChI=1S/C15H18ClN3OS/c1-2-6-15(7-3-8-18-15)14(20)19-12-10(16)4-5-11-13(12)17-9-21-11/h4-5,9,18H,2-3,6-8H2,1H3,(H,19,20). The summed E-state index contributed by atoms with van der Waals surface area (Å²) in [7, 11) is 0. The van der Waals surface area contributed by atoms with Gasteiger partial charge in [0.15, 0.2) is 0 Å². The van der Waals surface area contributed by atoms with Crippen LogP contribution < -0.4 is 10.6 Å². The maximum absolute atomic E-state index is 12.8. The van der Waals surface area contributed by atoms with Crippen molar-refractivity contribution in [2.75, 3.05) is 11.9 Å². The minimum atomic E-state index is -0.462. The van der Waals surface area contributed by atoms with Gasteiger partial charge >= 0.3 is 0 Å². The lowest BCUT2D eigenvalue weighted by molar-refractivity contribution is -0.122. The Labute approximate surface area is 132 Å². The number of halogens is 1. The van der Waals surface area contributed by atoms with Crippen molar-refractivity contribution >= 4 is 44.7 Å². The van der Waals surface area contributed by atoms with E-state index in [-0.39, 0.29) is 5.91 Å². The van der Waals surface area contributed by atoms with Crippen LogP contribution in [0.2, 0.25) is 5.02 Å². The molecule has 21 heavy (non-hydrogen) atoms. The zero-order chi connectivity index (χ0) is 14.9. The number of nitrogens with one attached hydrogen (secondary N) is 2. The Morgan fingerprint density at radius 2 is 2.43 bits per heavy atom. The second kappa shape index (κ2) is 5.91. The largest absolute Gasteiger partial charge is 0.321 e. The lowest BCUT2D eigenvalue weighted by Crippen LogP contribution is -2.50. The monoisotopic (exact) mass is 323 g/mol. The van der Waals surface area contributed by atoms with Crippen molar-refractivity contribution in [1.82, 2.24) is 10.3 Å². The van der Waals surface area contributed by atoms with Crippen LogP contribution in [0.25, 0.3) is 10.2 Å². The zero-order valence-corrected chi connectivity index (χ0v) is 13.5. The smallest absolute Gasteiger partial charge is 0.244 e. The van der Waals surface area contributed by atoms with Gasteiger partial charge in [0.05, 0.1) is 26.5 Å². The molecule has 6 heteroatoms. The first kappa shape index (κ1) is 14.8. The molecule has 0 bridgehead atoms. The van der Waals surface area contributed by atoms with Crippen LogP contribution >= 0.6 is 22.9 Å². The number of hydrogen-bond donors (Lipinski definition) is 2. The first-order chi connectivity index (χ1) is 10.2. The number of amides is 1. The molecule has 1 aromatic carbocycles. The van der Waals surface area contributed by atoms with Crippen molar-refractivity contribution in [3.05, 3.63) is 22.7 Å². The average molecular weight is 324 g/mol. The van der Waals surface area contributed by atoms with Crippen LogP contribution in [0, 0.1) is 0 Å². The molecule has 1 unspecified atom stereocenters. The molecular weight excluding hydrogens is 306 g/mol. The van der Waals surface area contributed by atoms with Crippen LogP contribution in [-0.4, -0.2) is 23.0 Å². The average Bonchev–Trinajstić information content (AvgIpc) is 3.11. The summed E-state index contributed by atoms with van der Waals surface area (Å²) in [4.78, 5) is 17.1. The van der Waals surface area contributed by atoms with E-state index in [1.54, 1.807) is 16.8 Å². The number of aromatic nitrogens is 1. The number of fused-ring (bicyclic) bond motifs is 1. The van der Waals surface area contributed by atoms with Gasteiger partial charge in [0.1, 0.15) is 5.52 Å². The van der Waals surface area contributed by atoms with Crippen molar-refractivity contribution in [3.63, 3.8) is 0 Å². The van der Waals surface area contributed by atoms with Gasteiger partial charge in [-0.25, -0.2) is 4.98 Å². The highest BCUT2D eigenvalue weighted by Gasteiger charge is 2.40. The van der Waals surface area contributed by atoms with Crippen LogP contribution in [-0.2, 0) is 4.79 Å². The highest BCUT2D eigenvalue weighted by molar-refractivity contribution is 7.16. The summed E-state index contributed by atoms with van der Waals surface area (Å²) in [5.41, 5.74) is 2.71. The van der Waals surface area contributed by atoms with Crippen molar-refractivity contribution < 1.29 is 4.79 Å². The van der Waals surface area contributed by atoms with Crippen molar-refractivity contribution in [1.29, 1.82) is 0 Å². The Morgan fingerprint density at radius 1 is 1.57 bits per heavy atom. The Balaban J connectivity index is 1.92. The van der Waals surface area contributed by atoms with Gasteiger partial charge in [0.2, 0.25) is 5.91 Å². The maximum Gasteiger partial charge on any atom is 0.244 e. The molecule has 0 aliphatic carbocycles. The number of anilines is 1. The zero-order valence-electron chi connectivity index (χ0n) is 11.9. The Morgan fingerprint density at radius 3 is 3.14 bits per heavy atom.